The third kappa shape index (κ3) is 4.41. The van der Waals surface area contributed by atoms with Gasteiger partial charge in [-0.2, -0.15) is 0 Å². The summed E-state index contributed by atoms with van der Waals surface area (Å²) in [7, 11) is 0. The van der Waals surface area contributed by atoms with Gasteiger partial charge in [0.05, 0.1) is 6.61 Å². The number of morpholine rings is 1. The van der Waals surface area contributed by atoms with Gasteiger partial charge in [-0.3, -0.25) is 19.7 Å². The standard InChI is InChI=1S/C27H30N4O2/c1-2-21-5-7-22(8-6-21)17-30-19-25(24-4-3-11-29-16-24)27(20-30)26(32)31(14-15-33-27)18-23-9-12-28-13-10-23/h3-13,16,25H,2,14-15,17-20H2,1H3/t25-,27-/m1/s1. The van der Waals surface area contributed by atoms with Gasteiger partial charge in [-0.25, -0.2) is 0 Å². The van der Waals surface area contributed by atoms with Crippen molar-refractivity contribution in [2.45, 2.75) is 38.0 Å². The number of amides is 1. The normalized spacial score (nSPS) is 23.4. The zero-order valence-electron chi connectivity index (χ0n) is 19.1. The Morgan fingerprint density at radius 3 is 2.45 bits per heavy atom. The van der Waals surface area contributed by atoms with Crippen LogP contribution in [-0.2, 0) is 29.0 Å². The van der Waals surface area contributed by atoms with Crippen LogP contribution < -0.4 is 0 Å². The lowest BCUT2D eigenvalue weighted by molar-refractivity contribution is -0.173. The van der Waals surface area contributed by atoms with Crippen LogP contribution >= 0.6 is 0 Å². The van der Waals surface area contributed by atoms with Crippen molar-refractivity contribution in [1.82, 2.24) is 19.8 Å². The van der Waals surface area contributed by atoms with Gasteiger partial charge >= 0.3 is 0 Å². The Kier molecular flexibility index (Phi) is 6.20. The number of rotatable bonds is 6. The van der Waals surface area contributed by atoms with E-state index in [1.54, 1.807) is 18.6 Å². The van der Waals surface area contributed by atoms with E-state index >= 15 is 0 Å². The highest BCUT2D eigenvalue weighted by Gasteiger charge is 2.56. The monoisotopic (exact) mass is 442 g/mol. The van der Waals surface area contributed by atoms with E-state index in [4.69, 9.17) is 4.74 Å². The molecule has 0 saturated carbocycles. The summed E-state index contributed by atoms with van der Waals surface area (Å²) in [5.41, 5.74) is 3.84. The Morgan fingerprint density at radius 1 is 0.970 bits per heavy atom. The quantitative estimate of drug-likeness (QED) is 0.585. The van der Waals surface area contributed by atoms with Gasteiger partial charge in [0.2, 0.25) is 0 Å². The third-order valence-electron chi connectivity index (χ3n) is 6.88. The number of nitrogens with zero attached hydrogens (tertiary/aromatic N) is 4. The molecule has 2 aromatic heterocycles. The Labute approximate surface area is 195 Å². The number of pyridine rings is 2. The highest BCUT2D eigenvalue weighted by molar-refractivity contribution is 5.88. The van der Waals surface area contributed by atoms with E-state index in [9.17, 15) is 4.79 Å². The molecule has 2 aliphatic rings. The van der Waals surface area contributed by atoms with Gasteiger partial charge in [-0.1, -0.05) is 37.3 Å². The van der Waals surface area contributed by atoms with E-state index in [1.807, 2.05) is 29.3 Å². The molecular weight excluding hydrogens is 412 g/mol. The smallest absolute Gasteiger partial charge is 0.257 e. The number of benzene rings is 1. The Morgan fingerprint density at radius 2 is 1.73 bits per heavy atom. The van der Waals surface area contributed by atoms with Crippen LogP contribution in [0.25, 0.3) is 0 Å². The van der Waals surface area contributed by atoms with Gasteiger partial charge in [-0.15, -0.1) is 0 Å². The van der Waals surface area contributed by atoms with Gasteiger partial charge in [-0.05, 0) is 46.9 Å². The van der Waals surface area contributed by atoms with Crippen molar-refractivity contribution in [2.75, 3.05) is 26.2 Å². The molecule has 2 fully saturated rings. The number of aromatic nitrogens is 2. The molecule has 170 valence electrons. The highest BCUT2D eigenvalue weighted by atomic mass is 16.5. The van der Waals surface area contributed by atoms with Gasteiger partial charge in [0.15, 0.2) is 5.60 Å². The first-order valence-corrected chi connectivity index (χ1v) is 11.7. The molecule has 1 spiro atoms. The van der Waals surface area contributed by atoms with Crippen molar-refractivity contribution < 1.29 is 9.53 Å². The topological polar surface area (TPSA) is 58.6 Å². The minimum Gasteiger partial charge on any atom is -0.361 e. The van der Waals surface area contributed by atoms with Crippen LogP contribution in [0, 0.1) is 0 Å². The molecule has 1 amide bonds. The number of hydrogen-bond donors (Lipinski definition) is 0. The molecule has 6 nitrogen and oxygen atoms in total. The summed E-state index contributed by atoms with van der Waals surface area (Å²) in [6, 6.07) is 16.7. The van der Waals surface area contributed by atoms with Crippen LogP contribution in [0.15, 0.2) is 73.3 Å². The zero-order chi connectivity index (χ0) is 22.7. The number of hydrogen-bond acceptors (Lipinski definition) is 5. The molecule has 0 radical (unpaired) electrons. The number of carbonyl (C=O) groups excluding carboxylic acids is 1. The lowest BCUT2D eigenvalue weighted by atomic mass is 9.83. The molecule has 0 aliphatic carbocycles. The largest absolute Gasteiger partial charge is 0.361 e. The van der Waals surface area contributed by atoms with Crippen molar-refractivity contribution in [3.05, 3.63) is 95.6 Å². The highest BCUT2D eigenvalue weighted by Crippen LogP contribution is 2.42. The summed E-state index contributed by atoms with van der Waals surface area (Å²) in [6.45, 7) is 6.01. The fourth-order valence-electron chi connectivity index (χ4n) is 5.12. The van der Waals surface area contributed by atoms with Crippen molar-refractivity contribution in [2.24, 2.45) is 0 Å². The second-order valence-electron chi connectivity index (χ2n) is 9.00. The van der Waals surface area contributed by atoms with Crippen LogP contribution in [0.1, 0.15) is 35.1 Å². The van der Waals surface area contributed by atoms with Crippen LogP contribution in [0.3, 0.4) is 0 Å². The maximum atomic E-state index is 14.0. The second kappa shape index (κ2) is 9.41. The van der Waals surface area contributed by atoms with E-state index < -0.39 is 5.60 Å². The van der Waals surface area contributed by atoms with Crippen molar-refractivity contribution in [3.8, 4) is 0 Å². The number of carbonyl (C=O) groups is 1. The van der Waals surface area contributed by atoms with Gasteiger partial charge in [0.1, 0.15) is 0 Å². The molecule has 0 bridgehead atoms. The van der Waals surface area contributed by atoms with Crippen molar-refractivity contribution in [1.29, 1.82) is 0 Å². The summed E-state index contributed by atoms with van der Waals surface area (Å²) in [6.07, 6.45) is 8.24. The van der Waals surface area contributed by atoms with Crippen molar-refractivity contribution in [3.63, 3.8) is 0 Å². The van der Waals surface area contributed by atoms with E-state index in [-0.39, 0.29) is 11.8 Å². The molecule has 0 N–H and O–H groups in total. The third-order valence-corrected chi connectivity index (χ3v) is 6.88. The fourth-order valence-corrected chi connectivity index (χ4v) is 5.12. The Hall–Kier alpha value is -3.09. The first-order valence-electron chi connectivity index (χ1n) is 11.7. The van der Waals surface area contributed by atoms with Gasteiger partial charge < -0.3 is 9.64 Å². The van der Waals surface area contributed by atoms with Gasteiger partial charge in [0, 0.05) is 63.4 Å². The molecule has 33 heavy (non-hydrogen) atoms. The summed E-state index contributed by atoms with van der Waals surface area (Å²) in [4.78, 5) is 26.7. The Bertz CT molecular complexity index is 1070. The molecule has 6 heteroatoms. The predicted molar refractivity (Wildman–Crippen MR) is 126 cm³/mol. The van der Waals surface area contributed by atoms with E-state index in [2.05, 4.69) is 52.1 Å². The lowest BCUT2D eigenvalue weighted by Gasteiger charge is -2.42. The van der Waals surface area contributed by atoms with E-state index in [1.165, 1.54) is 11.1 Å². The maximum Gasteiger partial charge on any atom is 0.257 e. The molecule has 2 saturated heterocycles. The average molecular weight is 443 g/mol. The molecule has 1 aromatic carbocycles. The minimum atomic E-state index is -0.891. The lowest BCUT2D eigenvalue weighted by Crippen LogP contribution is -2.59. The molecule has 4 heterocycles. The van der Waals surface area contributed by atoms with Crippen molar-refractivity contribution >= 4 is 5.91 Å². The van der Waals surface area contributed by atoms with Crippen LogP contribution in [-0.4, -0.2) is 57.5 Å². The van der Waals surface area contributed by atoms with E-state index in [0.717, 1.165) is 30.6 Å². The summed E-state index contributed by atoms with van der Waals surface area (Å²) in [5.74, 6) is 0.0112. The second-order valence-corrected chi connectivity index (χ2v) is 9.00. The summed E-state index contributed by atoms with van der Waals surface area (Å²) < 4.78 is 6.41. The maximum absolute atomic E-state index is 14.0. The molecular formula is C27H30N4O2. The fraction of sp³-hybridized carbons (Fsp3) is 0.370. The van der Waals surface area contributed by atoms with Crippen LogP contribution in [0.4, 0.5) is 0 Å². The average Bonchev–Trinajstić information content (AvgIpc) is 3.22. The number of likely N-dealkylation sites (tertiary alicyclic amines) is 1. The minimum absolute atomic E-state index is 0.0612. The predicted octanol–water partition coefficient (Wildman–Crippen LogP) is 3.44. The summed E-state index contributed by atoms with van der Waals surface area (Å²) in [5, 5.41) is 0. The molecule has 2 atom stereocenters. The SMILES string of the molecule is CCc1ccc(CN2C[C@H](c3cccnc3)[C@@]3(C2)OCCN(Cc2ccncc2)C3=O)cc1. The first kappa shape index (κ1) is 21.7. The number of ether oxygens (including phenoxy) is 1. The zero-order valence-corrected chi connectivity index (χ0v) is 19.1. The van der Waals surface area contributed by atoms with Gasteiger partial charge in [0.25, 0.3) is 5.91 Å². The van der Waals surface area contributed by atoms with E-state index in [0.29, 0.717) is 26.2 Å². The Balaban J connectivity index is 1.42. The first-order chi connectivity index (χ1) is 16.2. The van der Waals surface area contributed by atoms with Crippen LogP contribution in [0.5, 0.6) is 0 Å². The molecule has 5 rings (SSSR count). The number of aryl methyl sites for hydroxylation is 1. The molecule has 2 aliphatic heterocycles. The summed E-state index contributed by atoms with van der Waals surface area (Å²) >= 11 is 0. The van der Waals surface area contributed by atoms with Crippen LogP contribution in [0.2, 0.25) is 0 Å². The molecule has 3 aromatic rings. The molecule has 0 unspecified atom stereocenters.